The number of aliphatic imine (C=N–C) groups is 2. The number of hydrogen-bond donors (Lipinski definition) is 1. The minimum atomic E-state index is -0.242. The van der Waals surface area contributed by atoms with Crippen molar-refractivity contribution in [1.82, 2.24) is 5.32 Å². The summed E-state index contributed by atoms with van der Waals surface area (Å²) in [6.07, 6.45) is -0.242. The van der Waals surface area contributed by atoms with E-state index in [1.165, 1.54) is 5.39 Å². The number of rotatable bonds is 6. The molecule has 1 N–H and O–H groups in total. The van der Waals surface area contributed by atoms with E-state index < -0.39 is 0 Å². The summed E-state index contributed by atoms with van der Waals surface area (Å²) in [5, 5.41) is 24.6. The molecule has 234 valence electrons. The molecule has 7 aromatic rings. The molecule has 1 unspecified atom stereocenters. The molecule has 0 amide bonds. The average Bonchev–Trinajstić information content (AvgIpc) is 3.20. The van der Waals surface area contributed by atoms with Crippen LogP contribution < -0.4 is 5.32 Å². The molecule has 5 heteroatoms. The molecule has 50 heavy (non-hydrogen) atoms. The van der Waals surface area contributed by atoms with Gasteiger partial charge < -0.3 is 5.32 Å². The highest BCUT2D eigenvalue weighted by molar-refractivity contribution is 6.13. The van der Waals surface area contributed by atoms with Crippen LogP contribution in [0.15, 0.2) is 174 Å². The average molecular weight is 640 g/mol. The van der Waals surface area contributed by atoms with Crippen LogP contribution >= 0.6 is 0 Å². The van der Waals surface area contributed by atoms with Crippen molar-refractivity contribution in [2.75, 3.05) is 0 Å². The van der Waals surface area contributed by atoms with Crippen LogP contribution in [0.2, 0.25) is 0 Å². The van der Waals surface area contributed by atoms with Gasteiger partial charge >= 0.3 is 0 Å². The Hall–Kier alpha value is -7.08. The second-order valence-electron chi connectivity index (χ2n) is 12.2. The van der Waals surface area contributed by atoms with E-state index in [9.17, 15) is 10.5 Å². The summed E-state index contributed by atoms with van der Waals surface area (Å²) in [5.74, 6) is 1.49. The van der Waals surface area contributed by atoms with Crippen LogP contribution in [-0.4, -0.2) is 11.7 Å². The number of nitriles is 2. The second kappa shape index (κ2) is 13.2. The van der Waals surface area contributed by atoms with E-state index in [1.807, 2.05) is 60.7 Å². The van der Waals surface area contributed by atoms with Gasteiger partial charge in [-0.05, 0) is 74.0 Å². The molecule has 1 atom stereocenters. The molecule has 0 spiro atoms. The first kappa shape index (κ1) is 30.3. The number of nitrogens with one attached hydrogen (secondary N) is 1. The van der Waals surface area contributed by atoms with E-state index >= 15 is 0 Å². The summed E-state index contributed by atoms with van der Waals surface area (Å²) in [7, 11) is 0. The number of benzene rings is 7. The van der Waals surface area contributed by atoms with Gasteiger partial charge in [-0.3, -0.25) is 0 Å². The topological polar surface area (TPSA) is 84.3 Å². The summed E-state index contributed by atoms with van der Waals surface area (Å²) in [6, 6.07) is 59.7. The van der Waals surface area contributed by atoms with Crippen molar-refractivity contribution in [2.24, 2.45) is 9.98 Å². The summed E-state index contributed by atoms with van der Waals surface area (Å²) >= 11 is 0. The maximum Gasteiger partial charge on any atom is 0.159 e. The molecule has 0 bridgehead atoms. The monoisotopic (exact) mass is 639 g/mol. The van der Waals surface area contributed by atoms with Crippen LogP contribution in [0.4, 0.5) is 0 Å². The third-order valence-electron chi connectivity index (χ3n) is 8.98. The van der Waals surface area contributed by atoms with Crippen LogP contribution in [0, 0.1) is 22.7 Å². The third kappa shape index (κ3) is 6.04. The second-order valence-corrected chi connectivity index (χ2v) is 12.2. The van der Waals surface area contributed by atoms with Crippen molar-refractivity contribution in [2.45, 2.75) is 6.17 Å². The van der Waals surface area contributed by atoms with Gasteiger partial charge in [0.1, 0.15) is 12.0 Å². The van der Waals surface area contributed by atoms with Gasteiger partial charge in [-0.2, -0.15) is 10.5 Å². The Balaban J connectivity index is 1.08. The molecule has 0 fully saturated rings. The van der Waals surface area contributed by atoms with E-state index in [0.29, 0.717) is 17.0 Å². The van der Waals surface area contributed by atoms with Gasteiger partial charge in [0.15, 0.2) is 5.84 Å². The zero-order valence-electron chi connectivity index (χ0n) is 27.0. The first-order valence-electron chi connectivity index (χ1n) is 16.4. The highest BCUT2D eigenvalue weighted by Gasteiger charge is 2.21. The number of hydrogen-bond acceptors (Lipinski definition) is 5. The normalized spacial score (nSPS) is 13.8. The van der Waals surface area contributed by atoms with Crippen molar-refractivity contribution in [1.29, 1.82) is 10.5 Å². The molecule has 1 heterocycles. The molecule has 1 aliphatic heterocycles. The Bertz CT molecular complexity index is 2470. The number of amidine groups is 2. The van der Waals surface area contributed by atoms with Crippen LogP contribution in [-0.2, 0) is 0 Å². The van der Waals surface area contributed by atoms with Gasteiger partial charge in [0.25, 0.3) is 0 Å². The van der Waals surface area contributed by atoms with E-state index in [4.69, 9.17) is 9.98 Å². The Morgan fingerprint density at radius 3 is 1.76 bits per heavy atom. The Morgan fingerprint density at radius 2 is 1.08 bits per heavy atom. The number of nitrogens with zero attached hydrogens (tertiary/aromatic N) is 4. The van der Waals surface area contributed by atoms with Gasteiger partial charge in [-0.1, -0.05) is 140 Å². The molecule has 5 nitrogen and oxygen atoms in total. The van der Waals surface area contributed by atoms with Crippen molar-refractivity contribution in [3.8, 4) is 45.5 Å². The van der Waals surface area contributed by atoms with Crippen LogP contribution in [0.3, 0.4) is 0 Å². The summed E-state index contributed by atoms with van der Waals surface area (Å²) in [6.45, 7) is 0. The fraction of sp³-hybridized carbons (Fsp3) is 0.0222. The molecular weight excluding hydrogens is 611 g/mol. The van der Waals surface area contributed by atoms with Crippen LogP contribution in [0.5, 0.6) is 0 Å². The maximum atomic E-state index is 9.39. The lowest BCUT2D eigenvalue weighted by Gasteiger charge is -2.23. The first-order chi connectivity index (χ1) is 24.6. The van der Waals surface area contributed by atoms with Gasteiger partial charge in [0, 0.05) is 11.1 Å². The molecule has 8 rings (SSSR count). The highest BCUT2D eigenvalue weighted by Crippen LogP contribution is 2.33. The zero-order valence-corrected chi connectivity index (χ0v) is 27.0. The standard InChI is InChI=1S/C45H29N5/c46-28-30-24-31(29-47)26-40(25-30)33-16-14-32(15-17-33)38-22-23-42-39(27-38)12-7-13-41(42)34-18-20-37(21-19-34)45-49-43(35-8-3-1-4-9-35)48-44(50-45)36-10-5-2-6-11-36/h1-27,43H,(H,48,49,50). The maximum absolute atomic E-state index is 9.39. The Kier molecular flexibility index (Phi) is 7.99. The van der Waals surface area contributed by atoms with E-state index in [1.54, 1.807) is 6.07 Å². The third-order valence-corrected chi connectivity index (χ3v) is 8.98. The van der Waals surface area contributed by atoms with E-state index in [0.717, 1.165) is 61.3 Å². The van der Waals surface area contributed by atoms with Crippen molar-refractivity contribution in [3.63, 3.8) is 0 Å². The summed E-state index contributed by atoms with van der Waals surface area (Å²) < 4.78 is 0. The predicted octanol–water partition coefficient (Wildman–Crippen LogP) is 10.1. The van der Waals surface area contributed by atoms with Crippen LogP contribution in [0.1, 0.15) is 34.0 Å². The fourth-order valence-electron chi connectivity index (χ4n) is 6.42. The molecule has 0 radical (unpaired) electrons. The van der Waals surface area contributed by atoms with E-state index in [2.05, 4.69) is 115 Å². The zero-order chi connectivity index (χ0) is 33.9. The lowest BCUT2D eigenvalue weighted by atomic mass is 9.94. The van der Waals surface area contributed by atoms with Crippen molar-refractivity contribution >= 4 is 22.4 Å². The van der Waals surface area contributed by atoms with Gasteiger partial charge in [0.2, 0.25) is 0 Å². The quantitative estimate of drug-likeness (QED) is 0.197. The summed E-state index contributed by atoms with van der Waals surface area (Å²) in [4.78, 5) is 9.98. The predicted molar refractivity (Wildman–Crippen MR) is 202 cm³/mol. The lowest BCUT2D eigenvalue weighted by molar-refractivity contribution is 0.674. The van der Waals surface area contributed by atoms with Crippen molar-refractivity contribution < 1.29 is 0 Å². The molecule has 0 aromatic heterocycles. The van der Waals surface area contributed by atoms with E-state index in [-0.39, 0.29) is 6.17 Å². The lowest BCUT2D eigenvalue weighted by Crippen LogP contribution is -2.33. The van der Waals surface area contributed by atoms with Gasteiger partial charge in [-0.25, -0.2) is 9.98 Å². The Labute approximate surface area is 290 Å². The fourth-order valence-corrected chi connectivity index (χ4v) is 6.42. The molecule has 0 saturated carbocycles. The minimum absolute atomic E-state index is 0.242. The minimum Gasteiger partial charge on any atom is -0.344 e. The molecule has 1 aliphatic rings. The van der Waals surface area contributed by atoms with Crippen LogP contribution in [0.25, 0.3) is 44.2 Å². The first-order valence-corrected chi connectivity index (χ1v) is 16.4. The molecular formula is C45H29N5. The largest absolute Gasteiger partial charge is 0.344 e. The van der Waals surface area contributed by atoms with Gasteiger partial charge in [-0.15, -0.1) is 0 Å². The number of fused-ring (bicyclic) bond motifs is 1. The SMILES string of the molecule is N#Cc1cc(C#N)cc(-c2ccc(-c3ccc4c(-c5ccc(C6=NC(c7ccccc7)NC(c7ccccc7)=N6)cc5)cccc4c3)cc2)c1. The highest BCUT2D eigenvalue weighted by atomic mass is 15.2. The smallest absolute Gasteiger partial charge is 0.159 e. The molecule has 7 aromatic carbocycles. The molecule has 0 aliphatic carbocycles. The Morgan fingerprint density at radius 1 is 0.480 bits per heavy atom. The van der Waals surface area contributed by atoms with Gasteiger partial charge in [0.05, 0.1) is 23.3 Å². The molecule has 0 saturated heterocycles. The summed E-state index contributed by atoms with van der Waals surface area (Å²) in [5.41, 5.74) is 10.3. The van der Waals surface area contributed by atoms with Crippen molar-refractivity contribution in [3.05, 3.63) is 192 Å².